The average molecular weight is 435 g/mol. The molecular weight excluding hydrogens is 404 g/mol. The molecule has 0 saturated carbocycles. The molecule has 0 saturated heterocycles. The average Bonchev–Trinajstić information content (AvgIpc) is 2.67. The van der Waals surface area contributed by atoms with Crippen molar-refractivity contribution in [1.29, 1.82) is 0 Å². The lowest BCUT2D eigenvalue weighted by molar-refractivity contribution is -0.116. The molecule has 1 N–H and O–H groups in total. The van der Waals surface area contributed by atoms with E-state index in [2.05, 4.69) is 5.32 Å². The molecule has 0 aliphatic rings. The molecule has 2 aromatic rings. The van der Waals surface area contributed by atoms with E-state index in [0.29, 0.717) is 22.9 Å². The van der Waals surface area contributed by atoms with E-state index in [1.54, 1.807) is 19.1 Å². The fourth-order valence-corrected chi connectivity index (χ4v) is 4.51. The molecule has 0 aliphatic carbocycles. The van der Waals surface area contributed by atoms with Crippen LogP contribution in [0.2, 0.25) is 0 Å². The number of hydrogen-bond donors (Lipinski definition) is 1. The van der Waals surface area contributed by atoms with Crippen LogP contribution in [-0.2, 0) is 14.8 Å². The van der Waals surface area contributed by atoms with Gasteiger partial charge in [-0.1, -0.05) is 32.0 Å². The van der Waals surface area contributed by atoms with Gasteiger partial charge in [-0.15, -0.1) is 0 Å². The number of para-hydroxylation sites is 1. The topological polar surface area (TPSA) is 84.9 Å². The lowest BCUT2D eigenvalue weighted by Gasteiger charge is -2.29. The smallest absolute Gasteiger partial charge is 0.248 e. The summed E-state index contributed by atoms with van der Waals surface area (Å²) in [5.41, 5.74) is 2.93. The highest BCUT2D eigenvalue weighted by molar-refractivity contribution is 7.92. The predicted molar refractivity (Wildman–Crippen MR) is 120 cm³/mol. The van der Waals surface area contributed by atoms with Crippen molar-refractivity contribution in [3.05, 3.63) is 47.5 Å². The number of anilines is 2. The first-order valence-electron chi connectivity index (χ1n) is 9.63. The number of benzene rings is 2. The second-order valence-corrected chi connectivity index (χ2v) is 9.32. The molecule has 0 heterocycles. The Morgan fingerprint density at radius 1 is 1.03 bits per heavy atom. The predicted octanol–water partition coefficient (Wildman–Crippen LogP) is 3.93. The number of aryl methyl sites for hydroxylation is 1. The molecule has 7 nitrogen and oxygen atoms in total. The number of methoxy groups -OCH3 is 2. The van der Waals surface area contributed by atoms with E-state index in [1.165, 1.54) is 20.3 Å². The number of hydrogen-bond acceptors (Lipinski definition) is 5. The van der Waals surface area contributed by atoms with Gasteiger partial charge in [-0.25, -0.2) is 8.42 Å². The van der Waals surface area contributed by atoms with Gasteiger partial charge in [-0.2, -0.15) is 0 Å². The maximum Gasteiger partial charge on any atom is 0.248 e. The maximum atomic E-state index is 13.1. The number of nitrogens with one attached hydrogen (secondary N) is 1. The van der Waals surface area contributed by atoms with Crippen molar-refractivity contribution in [3.63, 3.8) is 0 Å². The summed E-state index contributed by atoms with van der Waals surface area (Å²) in [6.07, 6.45) is 1.07. The van der Waals surface area contributed by atoms with Gasteiger partial charge in [-0.3, -0.25) is 9.10 Å². The third-order valence-electron chi connectivity index (χ3n) is 4.89. The zero-order chi connectivity index (χ0) is 22.6. The summed E-state index contributed by atoms with van der Waals surface area (Å²) in [7, 11) is -0.797. The van der Waals surface area contributed by atoms with Gasteiger partial charge in [0.1, 0.15) is 6.04 Å². The van der Waals surface area contributed by atoms with Crippen molar-refractivity contribution in [3.8, 4) is 11.5 Å². The Kier molecular flexibility index (Phi) is 7.36. The Labute approximate surface area is 179 Å². The number of nitrogens with zero attached hydrogens (tertiary/aromatic N) is 1. The highest BCUT2D eigenvalue weighted by Gasteiger charge is 2.30. The van der Waals surface area contributed by atoms with Crippen molar-refractivity contribution in [1.82, 2.24) is 0 Å². The number of sulfonamides is 1. The van der Waals surface area contributed by atoms with Gasteiger partial charge in [0.25, 0.3) is 0 Å². The Balaban J connectivity index is 2.45. The normalized spacial score (nSPS) is 12.4. The number of carbonyl (C=O) groups is 1. The van der Waals surface area contributed by atoms with Gasteiger partial charge < -0.3 is 14.8 Å². The van der Waals surface area contributed by atoms with Crippen molar-refractivity contribution in [2.75, 3.05) is 30.1 Å². The molecule has 0 aromatic heterocycles. The number of amides is 1. The highest BCUT2D eigenvalue weighted by Crippen LogP contribution is 2.34. The van der Waals surface area contributed by atoms with Crippen LogP contribution in [0.15, 0.2) is 36.4 Å². The molecule has 30 heavy (non-hydrogen) atoms. The largest absolute Gasteiger partial charge is 0.493 e. The standard InChI is InChI=1S/C22H30N2O5S/c1-14(2)18-10-8-9-15(3)21(18)23-22(25)16(4)24(30(7,26)27)17-11-12-19(28-5)20(13-17)29-6/h8-14,16H,1-7H3,(H,23,25). The van der Waals surface area contributed by atoms with Gasteiger partial charge >= 0.3 is 0 Å². The van der Waals surface area contributed by atoms with E-state index in [9.17, 15) is 13.2 Å². The van der Waals surface area contributed by atoms with Crippen LogP contribution >= 0.6 is 0 Å². The first kappa shape index (κ1) is 23.5. The molecule has 0 spiro atoms. The lowest BCUT2D eigenvalue weighted by atomic mass is 9.98. The summed E-state index contributed by atoms with van der Waals surface area (Å²) >= 11 is 0. The third-order valence-corrected chi connectivity index (χ3v) is 6.13. The second kappa shape index (κ2) is 9.38. The van der Waals surface area contributed by atoms with Gasteiger partial charge in [0.15, 0.2) is 11.5 Å². The van der Waals surface area contributed by atoms with E-state index < -0.39 is 22.0 Å². The second-order valence-electron chi connectivity index (χ2n) is 7.46. The Morgan fingerprint density at radius 2 is 1.67 bits per heavy atom. The van der Waals surface area contributed by atoms with Crippen molar-refractivity contribution >= 4 is 27.3 Å². The molecule has 1 amide bonds. The van der Waals surface area contributed by atoms with Gasteiger partial charge in [-0.05, 0) is 43.0 Å². The van der Waals surface area contributed by atoms with Crippen molar-refractivity contribution < 1.29 is 22.7 Å². The third kappa shape index (κ3) is 5.05. The van der Waals surface area contributed by atoms with Crippen LogP contribution < -0.4 is 19.1 Å². The molecule has 8 heteroatoms. The number of carbonyl (C=O) groups excluding carboxylic acids is 1. The quantitative estimate of drug-likeness (QED) is 0.680. The monoisotopic (exact) mass is 434 g/mol. The first-order valence-corrected chi connectivity index (χ1v) is 11.5. The molecule has 0 bridgehead atoms. The van der Waals surface area contributed by atoms with Gasteiger partial charge in [0.05, 0.1) is 26.2 Å². The van der Waals surface area contributed by atoms with E-state index in [1.807, 2.05) is 39.0 Å². The summed E-state index contributed by atoms with van der Waals surface area (Å²) in [4.78, 5) is 13.1. The van der Waals surface area contributed by atoms with Crippen LogP contribution in [0, 0.1) is 6.92 Å². The molecule has 2 aromatic carbocycles. The van der Waals surface area contributed by atoms with Crippen molar-refractivity contribution in [2.45, 2.75) is 39.7 Å². The van der Waals surface area contributed by atoms with E-state index in [0.717, 1.165) is 21.7 Å². The fraction of sp³-hybridized carbons (Fsp3) is 0.409. The minimum atomic E-state index is -3.76. The number of ether oxygens (including phenoxy) is 2. The molecule has 1 unspecified atom stereocenters. The van der Waals surface area contributed by atoms with E-state index in [-0.39, 0.29) is 5.92 Å². The van der Waals surface area contributed by atoms with Crippen molar-refractivity contribution in [2.24, 2.45) is 0 Å². The Bertz CT molecular complexity index is 1020. The Morgan fingerprint density at radius 3 is 2.20 bits per heavy atom. The van der Waals surface area contributed by atoms with Crippen LogP contribution in [0.4, 0.5) is 11.4 Å². The van der Waals surface area contributed by atoms with Crippen LogP contribution in [0.5, 0.6) is 11.5 Å². The number of rotatable bonds is 8. The molecule has 2 rings (SSSR count). The van der Waals surface area contributed by atoms with Crippen LogP contribution in [0.1, 0.15) is 37.8 Å². The Hall–Kier alpha value is -2.74. The SMILES string of the molecule is COc1ccc(N(C(C)C(=O)Nc2c(C)cccc2C(C)C)S(C)(=O)=O)cc1OC. The summed E-state index contributed by atoms with van der Waals surface area (Å²) in [5.74, 6) is 0.615. The van der Waals surface area contributed by atoms with Crippen LogP contribution in [0.25, 0.3) is 0 Å². The molecular formula is C22H30N2O5S. The van der Waals surface area contributed by atoms with E-state index in [4.69, 9.17) is 9.47 Å². The highest BCUT2D eigenvalue weighted by atomic mass is 32.2. The van der Waals surface area contributed by atoms with E-state index >= 15 is 0 Å². The van der Waals surface area contributed by atoms with Crippen LogP contribution in [0.3, 0.4) is 0 Å². The zero-order valence-electron chi connectivity index (χ0n) is 18.5. The summed E-state index contributed by atoms with van der Waals surface area (Å²) in [6.45, 7) is 7.55. The fourth-order valence-electron chi connectivity index (χ4n) is 3.34. The first-order chi connectivity index (χ1) is 14.0. The molecule has 0 fully saturated rings. The van der Waals surface area contributed by atoms with Crippen LogP contribution in [-0.4, -0.2) is 40.8 Å². The van der Waals surface area contributed by atoms with Gasteiger partial charge in [0.2, 0.25) is 15.9 Å². The maximum absolute atomic E-state index is 13.1. The van der Waals surface area contributed by atoms with Gasteiger partial charge in [0, 0.05) is 11.8 Å². The summed E-state index contributed by atoms with van der Waals surface area (Å²) in [5, 5.41) is 2.93. The minimum absolute atomic E-state index is 0.201. The molecule has 164 valence electrons. The summed E-state index contributed by atoms with van der Waals surface area (Å²) in [6, 6.07) is 9.55. The summed E-state index contributed by atoms with van der Waals surface area (Å²) < 4.78 is 36.8. The molecule has 1 atom stereocenters. The lowest BCUT2D eigenvalue weighted by Crippen LogP contribution is -2.45. The minimum Gasteiger partial charge on any atom is -0.493 e. The molecule has 0 radical (unpaired) electrons. The molecule has 0 aliphatic heterocycles. The zero-order valence-corrected chi connectivity index (χ0v) is 19.3.